The highest BCUT2D eigenvalue weighted by molar-refractivity contribution is 5.85. The molecule has 1 amide bonds. The second-order valence-corrected chi connectivity index (χ2v) is 8.02. The van der Waals surface area contributed by atoms with E-state index in [2.05, 4.69) is 32.7 Å². The lowest BCUT2D eigenvalue weighted by molar-refractivity contribution is -0.00186. The fourth-order valence-corrected chi connectivity index (χ4v) is 5.38. The van der Waals surface area contributed by atoms with Crippen LogP contribution in [0.4, 0.5) is 4.79 Å². The van der Waals surface area contributed by atoms with E-state index >= 15 is 0 Å². The van der Waals surface area contributed by atoms with Gasteiger partial charge in [-0.05, 0) is 49.0 Å². The van der Waals surface area contributed by atoms with E-state index < -0.39 is 6.09 Å². The van der Waals surface area contributed by atoms with Crippen molar-refractivity contribution in [3.05, 3.63) is 0 Å². The van der Waals surface area contributed by atoms with Crippen LogP contribution in [-0.4, -0.2) is 53.7 Å². The van der Waals surface area contributed by atoms with Gasteiger partial charge in [-0.2, -0.15) is 0 Å². The molecule has 0 spiro atoms. The SMILES string of the molecule is CN1CCN(C(=O)O)[C@@H](C2C[C@H]3CC[C@@]2(C)C3(C)C)C1.Cl. The van der Waals surface area contributed by atoms with Crippen LogP contribution in [0.1, 0.15) is 40.0 Å². The molecule has 1 unspecified atom stereocenters. The van der Waals surface area contributed by atoms with E-state index in [1.807, 2.05) is 0 Å². The number of carboxylic acid groups (broad SMARTS) is 1. The molecule has 1 heterocycles. The van der Waals surface area contributed by atoms with Gasteiger partial charge in [-0.25, -0.2) is 4.79 Å². The summed E-state index contributed by atoms with van der Waals surface area (Å²) in [5.41, 5.74) is 0.659. The summed E-state index contributed by atoms with van der Waals surface area (Å²) in [6.45, 7) is 9.65. The molecule has 3 aliphatic rings. The zero-order chi connectivity index (χ0) is 14.7. The monoisotopic (exact) mass is 316 g/mol. The summed E-state index contributed by atoms with van der Waals surface area (Å²) in [6, 6.07) is 0.181. The molecule has 1 aliphatic heterocycles. The molecule has 2 aliphatic carbocycles. The summed E-state index contributed by atoms with van der Waals surface area (Å²) in [5, 5.41) is 9.55. The number of halogens is 1. The normalized spacial score (nSPS) is 41.9. The molecule has 0 aromatic heterocycles. The fourth-order valence-electron chi connectivity index (χ4n) is 5.38. The van der Waals surface area contributed by atoms with Crippen LogP contribution in [0.15, 0.2) is 0 Å². The van der Waals surface area contributed by atoms with Gasteiger partial charge >= 0.3 is 6.09 Å². The smallest absolute Gasteiger partial charge is 0.407 e. The molecule has 2 bridgehead atoms. The number of piperazine rings is 1. The van der Waals surface area contributed by atoms with Crippen molar-refractivity contribution in [1.82, 2.24) is 9.80 Å². The number of fused-ring (bicyclic) bond motifs is 2. The molecule has 4 nitrogen and oxygen atoms in total. The van der Waals surface area contributed by atoms with E-state index in [0.717, 1.165) is 19.0 Å². The lowest BCUT2D eigenvalue weighted by Gasteiger charge is -2.48. The zero-order valence-corrected chi connectivity index (χ0v) is 14.4. The van der Waals surface area contributed by atoms with E-state index in [9.17, 15) is 9.90 Å². The molecule has 1 N–H and O–H groups in total. The molecule has 4 atom stereocenters. The number of amides is 1. The minimum atomic E-state index is -0.729. The van der Waals surface area contributed by atoms with Crippen molar-refractivity contribution in [3.8, 4) is 0 Å². The maximum atomic E-state index is 11.6. The molecule has 0 aromatic carbocycles. The largest absolute Gasteiger partial charge is 0.465 e. The molecule has 3 rings (SSSR count). The minimum Gasteiger partial charge on any atom is -0.465 e. The Morgan fingerprint density at radius 1 is 1.24 bits per heavy atom. The first kappa shape index (κ1) is 16.9. The van der Waals surface area contributed by atoms with Crippen molar-refractivity contribution in [3.63, 3.8) is 0 Å². The van der Waals surface area contributed by atoms with E-state index in [1.54, 1.807) is 4.90 Å². The predicted octanol–water partition coefficient (Wildman–Crippen LogP) is 3.16. The quantitative estimate of drug-likeness (QED) is 0.808. The average Bonchev–Trinajstić information content (AvgIpc) is 2.70. The third kappa shape index (κ3) is 2.26. The Bertz CT molecular complexity index is 429. The van der Waals surface area contributed by atoms with Gasteiger partial charge in [-0.15, -0.1) is 12.4 Å². The highest BCUT2D eigenvalue weighted by atomic mass is 35.5. The lowest BCUT2D eigenvalue weighted by atomic mass is 9.64. The van der Waals surface area contributed by atoms with E-state index in [-0.39, 0.29) is 18.4 Å². The van der Waals surface area contributed by atoms with Crippen molar-refractivity contribution in [1.29, 1.82) is 0 Å². The molecule has 3 fully saturated rings. The van der Waals surface area contributed by atoms with Crippen LogP contribution in [0, 0.1) is 22.7 Å². The van der Waals surface area contributed by atoms with Gasteiger partial charge in [-0.3, -0.25) is 0 Å². The van der Waals surface area contributed by atoms with Gasteiger partial charge in [0.2, 0.25) is 0 Å². The summed E-state index contributed by atoms with van der Waals surface area (Å²) in [6.07, 6.45) is 3.08. The Balaban J connectivity index is 0.00000161. The number of nitrogens with zero attached hydrogens (tertiary/aromatic N) is 2. The third-order valence-corrected chi connectivity index (χ3v) is 7.19. The second-order valence-electron chi connectivity index (χ2n) is 8.02. The van der Waals surface area contributed by atoms with Gasteiger partial charge < -0.3 is 14.9 Å². The Kier molecular flexibility index (Phi) is 4.27. The Morgan fingerprint density at radius 3 is 2.38 bits per heavy atom. The van der Waals surface area contributed by atoms with Crippen LogP contribution in [0.5, 0.6) is 0 Å². The van der Waals surface area contributed by atoms with Crippen molar-refractivity contribution >= 4 is 18.5 Å². The van der Waals surface area contributed by atoms with Gasteiger partial charge in [0.15, 0.2) is 0 Å². The first-order chi connectivity index (χ1) is 9.27. The van der Waals surface area contributed by atoms with Crippen molar-refractivity contribution in [2.45, 2.75) is 46.1 Å². The van der Waals surface area contributed by atoms with E-state index in [1.165, 1.54) is 19.3 Å². The van der Waals surface area contributed by atoms with Crippen LogP contribution in [0.3, 0.4) is 0 Å². The number of hydrogen-bond donors (Lipinski definition) is 1. The summed E-state index contributed by atoms with van der Waals surface area (Å²) >= 11 is 0. The molecule has 5 heteroatoms. The average molecular weight is 317 g/mol. The van der Waals surface area contributed by atoms with Gasteiger partial charge in [0.05, 0.1) is 6.04 Å². The summed E-state index contributed by atoms with van der Waals surface area (Å²) in [5.74, 6) is 1.30. The number of rotatable bonds is 1. The van der Waals surface area contributed by atoms with Crippen molar-refractivity contribution < 1.29 is 9.90 Å². The summed E-state index contributed by atoms with van der Waals surface area (Å²) in [4.78, 5) is 15.6. The van der Waals surface area contributed by atoms with E-state index in [4.69, 9.17) is 0 Å². The number of carbonyl (C=O) groups is 1. The molecule has 1 saturated heterocycles. The minimum absolute atomic E-state index is 0. The standard InChI is InChI=1S/C16H28N2O2.ClH/c1-15(2)11-5-6-16(15,3)12(9-11)13-10-17(4)7-8-18(13)14(19)20;/h11-13H,5-10H2,1-4H3,(H,19,20);1H/t11-,12?,13-,16-;/m1./s1. The molecule has 122 valence electrons. The first-order valence-electron chi connectivity index (χ1n) is 7.95. The highest BCUT2D eigenvalue weighted by Crippen LogP contribution is 2.69. The first-order valence-corrected chi connectivity index (χ1v) is 7.95. The molecule has 2 saturated carbocycles. The van der Waals surface area contributed by atoms with Crippen molar-refractivity contribution in [2.75, 3.05) is 26.7 Å². The molecule has 0 aromatic rings. The number of hydrogen-bond acceptors (Lipinski definition) is 2. The highest BCUT2D eigenvalue weighted by Gasteiger charge is 2.63. The van der Waals surface area contributed by atoms with Crippen LogP contribution >= 0.6 is 12.4 Å². The Morgan fingerprint density at radius 2 is 1.90 bits per heavy atom. The molecule has 0 radical (unpaired) electrons. The number of likely N-dealkylation sites (N-methyl/N-ethyl adjacent to an activating group) is 1. The molecule has 21 heavy (non-hydrogen) atoms. The second kappa shape index (κ2) is 5.31. The van der Waals surface area contributed by atoms with Crippen LogP contribution in [0.25, 0.3) is 0 Å². The zero-order valence-electron chi connectivity index (χ0n) is 13.6. The summed E-state index contributed by atoms with van der Waals surface area (Å²) in [7, 11) is 2.12. The fraction of sp³-hybridized carbons (Fsp3) is 0.938. The lowest BCUT2D eigenvalue weighted by Crippen LogP contribution is -2.59. The summed E-state index contributed by atoms with van der Waals surface area (Å²) < 4.78 is 0. The maximum absolute atomic E-state index is 11.6. The maximum Gasteiger partial charge on any atom is 0.407 e. The van der Waals surface area contributed by atoms with Gasteiger partial charge in [-0.1, -0.05) is 20.8 Å². The van der Waals surface area contributed by atoms with Crippen molar-refractivity contribution in [2.24, 2.45) is 22.7 Å². The molecular weight excluding hydrogens is 288 g/mol. The van der Waals surface area contributed by atoms with Crippen LogP contribution in [0.2, 0.25) is 0 Å². The van der Waals surface area contributed by atoms with E-state index in [0.29, 0.717) is 23.3 Å². The third-order valence-electron chi connectivity index (χ3n) is 7.19. The molecular formula is C16H29ClN2O2. The van der Waals surface area contributed by atoms with Gasteiger partial charge in [0.1, 0.15) is 0 Å². The van der Waals surface area contributed by atoms with Crippen LogP contribution < -0.4 is 0 Å². The van der Waals surface area contributed by atoms with Gasteiger partial charge in [0.25, 0.3) is 0 Å². The topological polar surface area (TPSA) is 43.8 Å². The Hall–Kier alpha value is -0.480. The predicted molar refractivity (Wildman–Crippen MR) is 86.0 cm³/mol. The van der Waals surface area contributed by atoms with Gasteiger partial charge in [0, 0.05) is 19.6 Å². The Labute approximate surface area is 134 Å². The van der Waals surface area contributed by atoms with Crippen LogP contribution in [-0.2, 0) is 0 Å².